The van der Waals surface area contributed by atoms with Crippen LogP contribution in [0.25, 0.3) is 0 Å². The Morgan fingerprint density at radius 3 is 2.28 bits per heavy atom. The lowest BCUT2D eigenvalue weighted by atomic mass is 9.99. The Morgan fingerprint density at radius 2 is 1.66 bits per heavy atom. The molecule has 2 N–H and O–H groups in total. The molecule has 2 unspecified atom stereocenters. The maximum Gasteiger partial charge on any atom is 0.241 e. The number of rotatable bonds is 8. The first-order chi connectivity index (χ1) is 15.4. The lowest BCUT2D eigenvalue weighted by molar-refractivity contribution is -0.122. The Morgan fingerprint density at radius 1 is 0.969 bits per heavy atom. The zero-order chi connectivity index (χ0) is 23.1. The molecule has 0 saturated carbocycles. The average molecular weight is 441 g/mol. The van der Waals surface area contributed by atoms with Gasteiger partial charge in [-0.3, -0.25) is 19.4 Å². The Kier molecular flexibility index (Phi) is 8.36. The lowest BCUT2D eigenvalue weighted by Crippen LogP contribution is -2.53. The standard InChI is InChI=1S/C25H33FN4O2/c1-4-18(2)20-8-10-22(11-9-20)27-24(31)17-29-12-14-30(15-13-29)19(3)25(32)28-23-7-5-6-21(26)16-23/h5-11,16,18-19H,4,12-15,17H2,1-3H3,(H,27,31)(H,28,32). The van der Waals surface area contributed by atoms with Crippen molar-refractivity contribution in [1.82, 2.24) is 9.80 Å². The minimum absolute atomic E-state index is 0.0355. The third-order valence-corrected chi connectivity index (χ3v) is 6.17. The Labute approximate surface area is 189 Å². The summed E-state index contributed by atoms with van der Waals surface area (Å²) < 4.78 is 13.3. The first kappa shape index (κ1) is 23.9. The molecule has 172 valence electrons. The Bertz CT molecular complexity index is 910. The fourth-order valence-corrected chi connectivity index (χ4v) is 3.82. The molecule has 0 spiro atoms. The summed E-state index contributed by atoms with van der Waals surface area (Å²) in [6.45, 7) is 9.32. The van der Waals surface area contributed by atoms with Gasteiger partial charge in [0.2, 0.25) is 11.8 Å². The molecule has 2 amide bonds. The van der Waals surface area contributed by atoms with Gasteiger partial charge in [-0.25, -0.2) is 4.39 Å². The summed E-state index contributed by atoms with van der Waals surface area (Å²) >= 11 is 0. The smallest absolute Gasteiger partial charge is 0.241 e. The summed E-state index contributed by atoms with van der Waals surface area (Å²) in [5.74, 6) is -0.0718. The first-order valence-corrected chi connectivity index (χ1v) is 11.3. The number of carbonyl (C=O) groups excluding carboxylic acids is 2. The molecule has 0 aliphatic carbocycles. The van der Waals surface area contributed by atoms with Crippen LogP contribution in [0.3, 0.4) is 0 Å². The third kappa shape index (κ3) is 6.61. The molecular weight excluding hydrogens is 407 g/mol. The van der Waals surface area contributed by atoms with Crippen molar-refractivity contribution < 1.29 is 14.0 Å². The van der Waals surface area contributed by atoms with Gasteiger partial charge in [0.1, 0.15) is 5.82 Å². The molecule has 2 atom stereocenters. The predicted molar refractivity (Wildman–Crippen MR) is 126 cm³/mol. The van der Waals surface area contributed by atoms with Gasteiger partial charge in [0, 0.05) is 37.6 Å². The molecule has 6 nitrogen and oxygen atoms in total. The minimum Gasteiger partial charge on any atom is -0.325 e. The van der Waals surface area contributed by atoms with Crippen molar-refractivity contribution in [1.29, 1.82) is 0 Å². The molecule has 32 heavy (non-hydrogen) atoms. The summed E-state index contributed by atoms with van der Waals surface area (Å²) in [5.41, 5.74) is 2.54. The highest BCUT2D eigenvalue weighted by atomic mass is 19.1. The monoisotopic (exact) mass is 440 g/mol. The van der Waals surface area contributed by atoms with Crippen molar-refractivity contribution in [2.45, 2.75) is 39.2 Å². The molecule has 3 rings (SSSR count). The number of amides is 2. The summed E-state index contributed by atoms with van der Waals surface area (Å²) in [4.78, 5) is 29.1. The second-order valence-corrected chi connectivity index (χ2v) is 8.47. The van der Waals surface area contributed by atoms with Gasteiger partial charge in [0.05, 0.1) is 12.6 Å². The van der Waals surface area contributed by atoms with Crippen molar-refractivity contribution in [2.75, 3.05) is 43.4 Å². The van der Waals surface area contributed by atoms with E-state index in [1.54, 1.807) is 12.1 Å². The van der Waals surface area contributed by atoms with E-state index >= 15 is 0 Å². The van der Waals surface area contributed by atoms with Gasteiger partial charge in [-0.2, -0.15) is 0 Å². The number of piperazine rings is 1. The molecule has 1 aliphatic rings. The van der Waals surface area contributed by atoms with Crippen LogP contribution in [0.4, 0.5) is 15.8 Å². The molecule has 1 heterocycles. The van der Waals surface area contributed by atoms with Gasteiger partial charge in [0.25, 0.3) is 0 Å². The average Bonchev–Trinajstić information content (AvgIpc) is 2.79. The van der Waals surface area contributed by atoms with Gasteiger partial charge in [-0.1, -0.05) is 32.0 Å². The minimum atomic E-state index is -0.381. The molecule has 1 fully saturated rings. The quantitative estimate of drug-likeness (QED) is 0.653. The molecule has 0 aromatic heterocycles. The van der Waals surface area contributed by atoms with Crippen molar-refractivity contribution in [3.05, 3.63) is 59.9 Å². The lowest BCUT2D eigenvalue weighted by Gasteiger charge is -2.37. The van der Waals surface area contributed by atoms with Gasteiger partial charge in [-0.05, 0) is 55.2 Å². The summed E-state index contributed by atoms with van der Waals surface area (Å²) in [7, 11) is 0. The van der Waals surface area contributed by atoms with Crippen LogP contribution in [-0.4, -0.2) is 60.4 Å². The van der Waals surface area contributed by atoms with E-state index in [1.165, 1.54) is 17.7 Å². The van der Waals surface area contributed by atoms with E-state index in [0.29, 0.717) is 44.3 Å². The van der Waals surface area contributed by atoms with Crippen LogP contribution < -0.4 is 10.6 Å². The highest BCUT2D eigenvalue weighted by Gasteiger charge is 2.26. The van der Waals surface area contributed by atoms with Crippen LogP contribution >= 0.6 is 0 Å². The number of nitrogens with one attached hydrogen (secondary N) is 2. The normalized spacial score (nSPS) is 16.9. The number of nitrogens with zero attached hydrogens (tertiary/aromatic N) is 2. The van der Waals surface area contributed by atoms with Crippen LogP contribution in [0, 0.1) is 5.82 Å². The van der Waals surface area contributed by atoms with Gasteiger partial charge >= 0.3 is 0 Å². The van der Waals surface area contributed by atoms with Crippen molar-refractivity contribution >= 4 is 23.2 Å². The summed E-state index contributed by atoms with van der Waals surface area (Å²) in [5, 5.41) is 5.74. The van der Waals surface area contributed by atoms with Gasteiger partial charge < -0.3 is 10.6 Å². The van der Waals surface area contributed by atoms with Crippen LogP contribution in [-0.2, 0) is 9.59 Å². The number of anilines is 2. The SMILES string of the molecule is CCC(C)c1ccc(NC(=O)CN2CCN(C(C)C(=O)Nc3cccc(F)c3)CC2)cc1. The van der Waals surface area contributed by atoms with E-state index in [-0.39, 0.29) is 23.7 Å². The van der Waals surface area contributed by atoms with E-state index < -0.39 is 0 Å². The zero-order valence-electron chi connectivity index (χ0n) is 19.1. The number of benzene rings is 2. The van der Waals surface area contributed by atoms with E-state index in [9.17, 15) is 14.0 Å². The Hall–Kier alpha value is -2.77. The number of hydrogen-bond acceptors (Lipinski definition) is 4. The van der Waals surface area contributed by atoms with E-state index in [2.05, 4.69) is 46.4 Å². The Balaban J connectivity index is 1.42. The van der Waals surface area contributed by atoms with Crippen LogP contribution in [0.5, 0.6) is 0 Å². The molecule has 0 bridgehead atoms. The molecular formula is C25H33FN4O2. The largest absolute Gasteiger partial charge is 0.325 e. The van der Waals surface area contributed by atoms with Crippen molar-refractivity contribution in [2.24, 2.45) is 0 Å². The second-order valence-electron chi connectivity index (χ2n) is 8.47. The van der Waals surface area contributed by atoms with Gasteiger partial charge in [0.15, 0.2) is 0 Å². The second kappa shape index (κ2) is 11.2. The van der Waals surface area contributed by atoms with Gasteiger partial charge in [-0.15, -0.1) is 0 Å². The molecule has 0 radical (unpaired) electrons. The highest BCUT2D eigenvalue weighted by Crippen LogP contribution is 2.20. The van der Waals surface area contributed by atoms with E-state index in [1.807, 2.05) is 19.1 Å². The predicted octanol–water partition coefficient (Wildman–Crippen LogP) is 3.92. The highest BCUT2D eigenvalue weighted by molar-refractivity contribution is 5.94. The number of hydrogen-bond donors (Lipinski definition) is 2. The maximum absolute atomic E-state index is 13.3. The molecule has 1 saturated heterocycles. The first-order valence-electron chi connectivity index (χ1n) is 11.3. The fraction of sp³-hybridized carbons (Fsp3) is 0.440. The molecule has 7 heteroatoms. The van der Waals surface area contributed by atoms with Crippen LogP contribution in [0.1, 0.15) is 38.7 Å². The molecule has 2 aromatic carbocycles. The van der Waals surface area contributed by atoms with E-state index in [0.717, 1.165) is 12.1 Å². The third-order valence-electron chi connectivity index (χ3n) is 6.17. The molecule has 1 aliphatic heterocycles. The van der Waals surface area contributed by atoms with Crippen LogP contribution in [0.2, 0.25) is 0 Å². The maximum atomic E-state index is 13.3. The summed E-state index contributed by atoms with van der Waals surface area (Å²) in [6, 6.07) is 13.6. The molecule has 2 aromatic rings. The number of carbonyl (C=O) groups is 2. The van der Waals surface area contributed by atoms with Crippen LogP contribution in [0.15, 0.2) is 48.5 Å². The van der Waals surface area contributed by atoms with Crippen molar-refractivity contribution in [3.63, 3.8) is 0 Å². The topological polar surface area (TPSA) is 64.7 Å². The number of halogens is 1. The van der Waals surface area contributed by atoms with Crippen molar-refractivity contribution in [3.8, 4) is 0 Å². The fourth-order valence-electron chi connectivity index (χ4n) is 3.82. The van der Waals surface area contributed by atoms with E-state index in [4.69, 9.17) is 0 Å². The summed E-state index contributed by atoms with van der Waals surface area (Å²) in [6.07, 6.45) is 1.09. The zero-order valence-corrected chi connectivity index (χ0v) is 19.1.